The second-order valence-electron chi connectivity index (χ2n) is 5.67. The minimum Gasteiger partial charge on any atom is -0.377 e. The molecule has 1 aromatic rings. The van der Waals surface area contributed by atoms with Gasteiger partial charge < -0.3 is 15.0 Å². The summed E-state index contributed by atoms with van der Waals surface area (Å²) in [6.45, 7) is 3.34. The van der Waals surface area contributed by atoms with Crippen LogP contribution in [0.1, 0.15) is 56.8 Å². The Balaban J connectivity index is 1.57. The Morgan fingerprint density at radius 1 is 1.35 bits per heavy atom. The van der Waals surface area contributed by atoms with E-state index in [4.69, 9.17) is 10.5 Å². The topological polar surface area (TPSA) is 66.0 Å². The number of thioether (sulfide) groups is 1. The summed E-state index contributed by atoms with van der Waals surface area (Å²) in [7, 11) is 0. The van der Waals surface area contributed by atoms with Crippen LogP contribution < -0.4 is 5.73 Å². The van der Waals surface area contributed by atoms with Crippen molar-refractivity contribution in [1.29, 1.82) is 0 Å². The van der Waals surface area contributed by atoms with E-state index in [1.807, 2.05) is 6.92 Å². The van der Waals surface area contributed by atoms with Crippen LogP contribution in [0.5, 0.6) is 0 Å². The monoisotopic (exact) mass is 296 g/mol. The fourth-order valence-corrected chi connectivity index (χ4v) is 3.51. The van der Waals surface area contributed by atoms with Crippen molar-refractivity contribution < 1.29 is 4.74 Å². The number of nitrogens with two attached hydrogens (primary N) is 1. The van der Waals surface area contributed by atoms with Gasteiger partial charge in [-0.3, -0.25) is 0 Å². The molecule has 2 N–H and O–H groups in total. The molecule has 0 amide bonds. The summed E-state index contributed by atoms with van der Waals surface area (Å²) in [5.74, 6) is 2.91. The molecule has 2 aliphatic rings. The Morgan fingerprint density at radius 2 is 2.15 bits per heavy atom. The lowest BCUT2D eigenvalue weighted by atomic mass is 10.3. The van der Waals surface area contributed by atoms with E-state index in [2.05, 4.69) is 14.8 Å². The van der Waals surface area contributed by atoms with E-state index in [9.17, 15) is 0 Å². The zero-order chi connectivity index (χ0) is 13.9. The van der Waals surface area contributed by atoms with Gasteiger partial charge in [-0.15, -0.1) is 10.2 Å². The van der Waals surface area contributed by atoms with Gasteiger partial charge in [0.2, 0.25) is 0 Å². The second-order valence-corrected chi connectivity index (χ2v) is 6.73. The van der Waals surface area contributed by atoms with Crippen LogP contribution in [0.3, 0.4) is 0 Å². The van der Waals surface area contributed by atoms with Crippen molar-refractivity contribution in [2.24, 2.45) is 5.73 Å². The van der Waals surface area contributed by atoms with Crippen LogP contribution in [0, 0.1) is 0 Å². The predicted molar refractivity (Wildman–Crippen MR) is 80.1 cm³/mol. The van der Waals surface area contributed by atoms with Crippen LogP contribution in [0.4, 0.5) is 0 Å². The number of nitrogens with zero attached hydrogens (tertiary/aromatic N) is 3. The molecule has 20 heavy (non-hydrogen) atoms. The molecule has 2 aliphatic carbocycles. The summed E-state index contributed by atoms with van der Waals surface area (Å²) >= 11 is 1.80. The van der Waals surface area contributed by atoms with Crippen LogP contribution in [-0.4, -0.2) is 39.8 Å². The van der Waals surface area contributed by atoms with E-state index < -0.39 is 0 Å². The summed E-state index contributed by atoms with van der Waals surface area (Å²) in [5.41, 5.74) is 5.71. The van der Waals surface area contributed by atoms with Crippen molar-refractivity contribution in [3.8, 4) is 0 Å². The fraction of sp³-hybridized carbons (Fsp3) is 0.857. The molecule has 112 valence electrons. The molecule has 6 heteroatoms. The number of hydrogen-bond donors (Lipinski definition) is 1. The quantitative estimate of drug-likeness (QED) is 0.709. The minimum absolute atomic E-state index is 0.174. The van der Waals surface area contributed by atoms with Crippen LogP contribution in [0.15, 0.2) is 5.16 Å². The third-order valence-corrected chi connectivity index (χ3v) is 4.86. The van der Waals surface area contributed by atoms with Crippen LogP contribution in [0.2, 0.25) is 0 Å². The maximum atomic E-state index is 5.71. The summed E-state index contributed by atoms with van der Waals surface area (Å²) in [6, 6.07) is 0.667. The molecular formula is C14H24N4OS. The number of rotatable bonds is 9. The Kier molecular flexibility index (Phi) is 4.63. The zero-order valence-corrected chi connectivity index (χ0v) is 12.9. The van der Waals surface area contributed by atoms with Crippen LogP contribution in [-0.2, 0) is 4.74 Å². The molecule has 0 bridgehead atoms. The van der Waals surface area contributed by atoms with Crippen molar-refractivity contribution >= 4 is 11.8 Å². The molecule has 3 rings (SSSR count). The molecule has 1 aromatic heterocycles. The second kappa shape index (κ2) is 6.45. The van der Waals surface area contributed by atoms with Crippen molar-refractivity contribution in [1.82, 2.24) is 14.8 Å². The van der Waals surface area contributed by atoms with E-state index >= 15 is 0 Å². The highest BCUT2D eigenvalue weighted by molar-refractivity contribution is 7.99. The zero-order valence-electron chi connectivity index (χ0n) is 12.1. The minimum atomic E-state index is 0.174. The fourth-order valence-electron chi connectivity index (χ4n) is 2.47. The molecule has 0 spiro atoms. The summed E-state index contributed by atoms with van der Waals surface area (Å²) in [5, 5.41) is 9.94. The van der Waals surface area contributed by atoms with E-state index in [1.165, 1.54) is 31.5 Å². The normalized spacial score (nSPS) is 20.3. The smallest absolute Gasteiger partial charge is 0.191 e. The van der Waals surface area contributed by atoms with Crippen molar-refractivity contribution in [3.05, 3.63) is 5.82 Å². The van der Waals surface area contributed by atoms with Gasteiger partial charge in [0.15, 0.2) is 5.16 Å². The van der Waals surface area contributed by atoms with Gasteiger partial charge in [-0.1, -0.05) is 11.8 Å². The van der Waals surface area contributed by atoms with Gasteiger partial charge in [0, 0.05) is 30.9 Å². The molecule has 0 radical (unpaired) electrons. The third kappa shape index (κ3) is 3.35. The van der Waals surface area contributed by atoms with Gasteiger partial charge in [-0.05, 0) is 39.0 Å². The first-order chi connectivity index (χ1) is 9.83. The van der Waals surface area contributed by atoms with E-state index in [0.29, 0.717) is 18.5 Å². The number of ether oxygens (including phenoxy) is 1. The van der Waals surface area contributed by atoms with Gasteiger partial charge in [0.25, 0.3) is 0 Å². The van der Waals surface area contributed by atoms with Crippen molar-refractivity contribution in [2.75, 3.05) is 18.9 Å². The highest BCUT2D eigenvalue weighted by Gasteiger charge is 2.36. The van der Waals surface area contributed by atoms with Crippen LogP contribution in [0.25, 0.3) is 0 Å². The maximum Gasteiger partial charge on any atom is 0.191 e. The molecule has 0 aromatic carbocycles. The summed E-state index contributed by atoms with van der Waals surface area (Å²) in [4.78, 5) is 0. The average Bonchev–Trinajstić information content (AvgIpc) is 3.37. The molecule has 2 saturated carbocycles. The van der Waals surface area contributed by atoms with Crippen molar-refractivity contribution in [3.63, 3.8) is 0 Å². The number of hydrogen-bond acceptors (Lipinski definition) is 5. The highest BCUT2D eigenvalue weighted by Crippen LogP contribution is 2.46. The largest absolute Gasteiger partial charge is 0.377 e. The van der Waals surface area contributed by atoms with Gasteiger partial charge >= 0.3 is 0 Å². The molecule has 0 aliphatic heterocycles. The molecule has 1 unspecified atom stereocenters. The first-order valence-corrected chi connectivity index (χ1v) is 8.71. The van der Waals surface area contributed by atoms with Gasteiger partial charge in [0.1, 0.15) is 5.82 Å². The summed E-state index contributed by atoms with van der Waals surface area (Å²) in [6.07, 6.45) is 6.30. The first kappa shape index (κ1) is 14.4. The van der Waals surface area contributed by atoms with Gasteiger partial charge in [0.05, 0.1) is 6.10 Å². The summed E-state index contributed by atoms with van der Waals surface area (Å²) < 4.78 is 7.99. The lowest BCUT2D eigenvalue weighted by Crippen LogP contribution is -2.24. The van der Waals surface area contributed by atoms with Crippen molar-refractivity contribution in [2.45, 2.75) is 62.2 Å². The SMILES string of the molecule is CCOC(CN)CCSc1nnc(C2CC2)n1C1CC1. The molecule has 1 heterocycles. The first-order valence-electron chi connectivity index (χ1n) is 7.72. The molecular weight excluding hydrogens is 272 g/mol. The third-order valence-electron chi connectivity index (χ3n) is 3.88. The maximum absolute atomic E-state index is 5.71. The standard InChI is InChI=1S/C14H24N4OS/c1-2-19-12(9-15)7-8-20-14-17-16-13(10-3-4-10)18(14)11-5-6-11/h10-12H,2-9,15H2,1H3. The lowest BCUT2D eigenvalue weighted by Gasteiger charge is -2.14. The van der Waals surface area contributed by atoms with Gasteiger partial charge in [-0.2, -0.15) is 0 Å². The van der Waals surface area contributed by atoms with Crippen LogP contribution >= 0.6 is 11.8 Å². The highest BCUT2D eigenvalue weighted by atomic mass is 32.2. The van der Waals surface area contributed by atoms with Gasteiger partial charge in [-0.25, -0.2) is 0 Å². The molecule has 1 atom stereocenters. The Bertz CT molecular complexity index is 442. The number of aromatic nitrogens is 3. The Labute approximate surface area is 124 Å². The van der Waals surface area contributed by atoms with E-state index in [1.54, 1.807) is 11.8 Å². The molecule has 0 saturated heterocycles. The molecule has 2 fully saturated rings. The Morgan fingerprint density at radius 3 is 2.75 bits per heavy atom. The van der Waals surface area contributed by atoms with E-state index in [0.717, 1.165) is 23.9 Å². The predicted octanol–water partition coefficient (Wildman–Crippen LogP) is 2.34. The molecule has 5 nitrogen and oxygen atoms in total. The Hall–Kier alpha value is -0.590. The van der Waals surface area contributed by atoms with E-state index in [-0.39, 0.29) is 6.10 Å². The average molecular weight is 296 g/mol. The lowest BCUT2D eigenvalue weighted by molar-refractivity contribution is 0.0674.